The Bertz CT molecular complexity index is 1260. The van der Waals surface area contributed by atoms with Crippen molar-refractivity contribution in [3.05, 3.63) is 93.6 Å². The van der Waals surface area contributed by atoms with Gasteiger partial charge >= 0.3 is 0 Å². The van der Waals surface area contributed by atoms with Crippen LogP contribution >= 0.6 is 11.3 Å². The van der Waals surface area contributed by atoms with E-state index in [4.69, 9.17) is 5.73 Å². The minimum absolute atomic E-state index is 0.0509. The number of allylic oxidation sites excluding steroid dienone is 2. The third-order valence-electron chi connectivity index (χ3n) is 5.88. The van der Waals surface area contributed by atoms with Gasteiger partial charge in [-0.3, -0.25) is 15.4 Å². The Labute approximate surface area is 190 Å². The van der Waals surface area contributed by atoms with Crippen LogP contribution in [0, 0.1) is 6.92 Å². The van der Waals surface area contributed by atoms with Gasteiger partial charge in [-0.15, -0.1) is 11.3 Å². The van der Waals surface area contributed by atoms with Crippen LogP contribution < -0.4 is 21.7 Å². The van der Waals surface area contributed by atoms with Crippen molar-refractivity contribution in [2.75, 3.05) is 0 Å². The first-order chi connectivity index (χ1) is 15.6. The van der Waals surface area contributed by atoms with E-state index in [1.54, 1.807) is 17.4 Å². The normalized spacial score (nSPS) is 20.2. The Morgan fingerprint density at radius 2 is 2.06 bits per heavy atom. The minimum Gasteiger partial charge on any atom is -0.366 e. The van der Waals surface area contributed by atoms with Crippen LogP contribution in [0.4, 0.5) is 0 Å². The highest BCUT2D eigenvalue weighted by atomic mass is 32.1. The van der Waals surface area contributed by atoms with Gasteiger partial charge in [0.15, 0.2) is 0 Å². The molecule has 0 bridgehead atoms. The number of hydrogen-bond acceptors (Lipinski definition) is 6. The first-order valence-corrected chi connectivity index (χ1v) is 11.5. The van der Waals surface area contributed by atoms with Crippen LogP contribution in [0.1, 0.15) is 38.9 Å². The van der Waals surface area contributed by atoms with Crippen molar-refractivity contribution in [1.82, 2.24) is 16.0 Å². The van der Waals surface area contributed by atoms with Gasteiger partial charge in [-0.05, 0) is 31.1 Å². The molecular weight excluding hydrogens is 418 g/mol. The van der Waals surface area contributed by atoms with E-state index in [0.29, 0.717) is 5.56 Å². The lowest BCUT2D eigenvalue weighted by molar-refractivity contribution is 0.100. The summed E-state index contributed by atoms with van der Waals surface area (Å²) in [5.74, 6) is 0.480. The summed E-state index contributed by atoms with van der Waals surface area (Å²) < 4.78 is 0.927. The first kappa shape index (κ1) is 20.6. The van der Waals surface area contributed by atoms with Crippen molar-refractivity contribution in [2.45, 2.75) is 32.2 Å². The smallest absolute Gasteiger partial charge is 0.250 e. The summed E-state index contributed by atoms with van der Waals surface area (Å²) in [7, 11) is 0. The van der Waals surface area contributed by atoms with Gasteiger partial charge in [0.25, 0.3) is 0 Å². The number of rotatable bonds is 5. The standard InChI is InChI=1S/C25H25N5OS/c1-15-20(17-11-7-12-18(22(26)31)21(17)32-15)25-29-23-19(10-5-6-13-27-23)24(30-25)28-14-16-8-3-2-4-9-16/h2-9,11-13,24-25,28-30H,10,14H2,1H3,(H2,26,31). The quantitative estimate of drug-likeness (QED) is 0.482. The van der Waals surface area contributed by atoms with E-state index in [2.05, 4.69) is 64.3 Å². The number of carbonyl (C=O) groups is 1. The number of aryl methyl sites for hydroxylation is 1. The van der Waals surface area contributed by atoms with E-state index in [0.717, 1.165) is 39.3 Å². The largest absolute Gasteiger partial charge is 0.366 e. The predicted molar refractivity (Wildman–Crippen MR) is 130 cm³/mol. The molecule has 1 amide bonds. The molecule has 0 fully saturated rings. The maximum Gasteiger partial charge on any atom is 0.250 e. The average Bonchev–Trinajstić information content (AvgIpc) is 2.96. The third-order valence-corrected chi connectivity index (χ3v) is 7.05. The summed E-state index contributed by atoms with van der Waals surface area (Å²) in [6.45, 7) is 2.83. The highest BCUT2D eigenvalue weighted by molar-refractivity contribution is 7.19. The molecule has 5 rings (SSSR count). The van der Waals surface area contributed by atoms with Gasteiger partial charge in [0.05, 0.1) is 11.7 Å². The van der Waals surface area contributed by atoms with Gasteiger partial charge in [0.2, 0.25) is 5.91 Å². The summed E-state index contributed by atoms with van der Waals surface area (Å²) in [4.78, 5) is 17.8. The number of fused-ring (bicyclic) bond motifs is 1. The zero-order chi connectivity index (χ0) is 22.1. The molecule has 2 aliphatic heterocycles. The number of nitrogens with two attached hydrogens (primary N) is 1. The number of carbonyl (C=O) groups excluding carboxylic acids is 1. The van der Waals surface area contributed by atoms with E-state index in [1.165, 1.54) is 11.1 Å². The topological polar surface area (TPSA) is 91.5 Å². The van der Waals surface area contributed by atoms with Crippen LogP contribution in [0.25, 0.3) is 10.1 Å². The number of primary amides is 1. The van der Waals surface area contributed by atoms with Crippen molar-refractivity contribution in [1.29, 1.82) is 0 Å². The van der Waals surface area contributed by atoms with Crippen LogP contribution in [-0.4, -0.2) is 18.3 Å². The number of nitrogens with one attached hydrogen (secondary N) is 3. The maximum absolute atomic E-state index is 12.0. The van der Waals surface area contributed by atoms with Gasteiger partial charge in [-0.2, -0.15) is 0 Å². The maximum atomic E-state index is 12.0. The van der Waals surface area contributed by atoms with E-state index in [9.17, 15) is 4.79 Å². The molecule has 1 aromatic heterocycles. The molecule has 0 spiro atoms. The van der Waals surface area contributed by atoms with Crippen LogP contribution in [0.15, 0.2) is 77.1 Å². The lowest BCUT2D eigenvalue weighted by atomic mass is 10.0. The molecule has 0 saturated heterocycles. The molecule has 2 atom stereocenters. The van der Waals surface area contributed by atoms with Crippen LogP contribution in [0.2, 0.25) is 0 Å². The molecule has 7 heteroatoms. The molecule has 3 aromatic rings. The Kier molecular flexibility index (Phi) is 5.61. The number of amides is 1. The number of nitrogens with zero attached hydrogens (tertiary/aromatic N) is 1. The van der Waals surface area contributed by atoms with Crippen molar-refractivity contribution < 1.29 is 4.79 Å². The second-order valence-corrected chi connectivity index (χ2v) is 9.17. The van der Waals surface area contributed by atoms with Crippen molar-refractivity contribution >= 4 is 33.5 Å². The summed E-state index contributed by atoms with van der Waals surface area (Å²) in [6, 6.07) is 16.1. The van der Waals surface area contributed by atoms with Gasteiger partial charge in [-0.1, -0.05) is 48.5 Å². The molecule has 32 heavy (non-hydrogen) atoms. The molecule has 2 aliphatic rings. The zero-order valence-electron chi connectivity index (χ0n) is 17.8. The van der Waals surface area contributed by atoms with Gasteiger partial charge in [0, 0.05) is 38.9 Å². The van der Waals surface area contributed by atoms with Crippen LogP contribution in [0.3, 0.4) is 0 Å². The van der Waals surface area contributed by atoms with E-state index in [1.807, 2.05) is 24.4 Å². The second kappa shape index (κ2) is 8.70. The van der Waals surface area contributed by atoms with E-state index >= 15 is 0 Å². The molecule has 2 aromatic carbocycles. The number of hydrogen-bond donors (Lipinski definition) is 4. The third kappa shape index (κ3) is 3.86. The number of aliphatic imine (C=N–C) groups is 1. The second-order valence-electron chi connectivity index (χ2n) is 7.95. The predicted octanol–water partition coefficient (Wildman–Crippen LogP) is 3.86. The molecular formula is C25H25N5OS. The summed E-state index contributed by atoms with van der Waals surface area (Å²) in [5.41, 5.74) is 9.72. The molecule has 3 heterocycles. The lowest BCUT2D eigenvalue weighted by Crippen LogP contribution is -2.53. The zero-order valence-corrected chi connectivity index (χ0v) is 18.6. The molecule has 162 valence electrons. The van der Waals surface area contributed by atoms with Crippen molar-refractivity contribution in [3.63, 3.8) is 0 Å². The SMILES string of the molecule is Cc1sc2c(C(N)=O)cccc2c1C1NC2=C(CC=CC=N2)C(NCc2ccccc2)N1. The fourth-order valence-electron chi connectivity index (χ4n) is 4.35. The Hall–Kier alpha value is -3.26. The number of thiophene rings is 1. The summed E-state index contributed by atoms with van der Waals surface area (Å²) in [6.07, 6.45) is 6.53. The monoisotopic (exact) mass is 443 g/mol. The minimum atomic E-state index is -0.403. The Morgan fingerprint density at radius 3 is 2.88 bits per heavy atom. The fraction of sp³-hybridized carbons (Fsp3) is 0.200. The van der Waals surface area contributed by atoms with E-state index < -0.39 is 5.91 Å². The molecule has 0 saturated carbocycles. The molecule has 2 unspecified atom stereocenters. The fourth-order valence-corrected chi connectivity index (χ4v) is 5.56. The molecule has 0 aliphatic carbocycles. The first-order valence-electron chi connectivity index (χ1n) is 10.7. The van der Waals surface area contributed by atoms with Gasteiger partial charge in [0.1, 0.15) is 12.0 Å². The Balaban J connectivity index is 1.52. The van der Waals surface area contributed by atoms with Crippen molar-refractivity contribution in [3.8, 4) is 0 Å². The average molecular weight is 444 g/mol. The molecule has 0 radical (unpaired) electrons. The summed E-state index contributed by atoms with van der Waals surface area (Å²) in [5, 5.41) is 12.0. The molecule has 5 N–H and O–H groups in total. The van der Waals surface area contributed by atoms with E-state index in [-0.39, 0.29) is 12.3 Å². The Morgan fingerprint density at radius 1 is 1.22 bits per heavy atom. The van der Waals surface area contributed by atoms with Crippen LogP contribution in [0.5, 0.6) is 0 Å². The van der Waals surface area contributed by atoms with Gasteiger partial charge in [-0.25, -0.2) is 4.99 Å². The summed E-state index contributed by atoms with van der Waals surface area (Å²) >= 11 is 1.60. The van der Waals surface area contributed by atoms with Crippen molar-refractivity contribution in [2.24, 2.45) is 10.7 Å². The lowest BCUT2D eigenvalue weighted by Gasteiger charge is -2.36. The molecule has 6 nitrogen and oxygen atoms in total. The highest BCUT2D eigenvalue weighted by Gasteiger charge is 2.31. The van der Waals surface area contributed by atoms with Gasteiger partial charge < -0.3 is 11.1 Å². The number of benzene rings is 2. The highest BCUT2D eigenvalue weighted by Crippen LogP contribution is 2.38. The van der Waals surface area contributed by atoms with Crippen LogP contribution in [-0.2, 0) is 6.54 Å².